The third kappa shape index (κ3) is 2.94. The summed E-state index contributed by atoms with van der Waals surface area (Å²) in [7, 11) is 0. The van der Waals surface area contributed by atoms with Gasteiger partial charge in [-0.1, -0.05) is 36.5 Å². The van der Waals surface area contributed by atoms with E-state index in [1.807, 2.05) is 0 Å². The highest BCUT2D eigenvalue weighted by atomic mass is 32.1. The average molecular weight is 261 g/mol. The molecule has 0 spiro atoms. The Morgan fingerprint density at radius 2 is 2.06 bits per heavy atom. The molecule has 0 unspecified atom stereocenters. The minimum absolute atomic E-state index is 0.816. The fourth-order valence-corrected chi connectivity index (χ4v) is 2.68. The fourth-order valence-electron chi connectivity index (χ4n) is 1.79. The Labute approximate surface area is 112 Å². The van der Waals surface area contributed by atoms with E-state index in [4.69, 9.17) is 0 Å². The highest BCUT2D eigenvalue weighted by Gasteiger charge is 2.09. The summed E-state index contributed by atoms with van der Waals surface area (Å²) >= 11 is 1.67. The minimum atomic E-state index is 0.816. The molecular weight excluding hydrogens is 242 g/mol. The fraction of sp³-hybridized carbons (Fsp3) is 0.429. The van der Waals surface area contributed by atoms with Crippen LogP contribution >= 0.6 is 11.3 Å². The molecule has 96 valence electrons. The molecule has 0 fully saturated rings. The molecule has 0 atom stereocenters. The average Bonchev–Trinajstić information content (AvgIpc) is 2.82. The van der Waals surface area contributed by atoms with Gasteiger partial charge >= 0.3 is 0 Å². The van der Waals surface area contributed by atoms with Crippen LogP contribution in [0.5, 0.6) is 0 Å². The number of nitrogens with zero attached hydrogens (tertiary/aromatic N) is 2. The Balaban J connectivity index is 2.16. The molecule has 18 heavy (non-hydrogen) atoms. The number of rotatable bonds is 5. The molecule has 2 rings (SSSR count). The van der Waals surface area contributed by atoms with Crippen LogP contribution in [0.25, 0.3) is 10.6 Å². The Hall–Kier alpha value is -1.26. The van der Waals surface area contributed by atoms with Crippen LogP contribution in [-0.2, 0) is 6.54 Å². The van der Waals surface area contributed by atoms with Gasteiger partial charge in [0.15, 0.2) is 0 Å². The van der Waals surface area contributed by atoms with Crippen LogP contribution in [0.3, 0.4) is 0 Å². The summed E-state index contributed by atoms with van der Waals surface area (Å²) in [6, 6.07) is 6.32. The maximum Gasteiger partial charge on any atom is 0.148 e. The Morgan fingerprint density at radius 3 is 2.83 bits per heavy atom. The molecule has 3 nitrogen and oxygen atoms in total. The van der Waals surface area contributed by atoms with Gasteiger partial charge < -0.3 is 5.32 Å². The Kier molecular flexibility index (Phi) is 4.44. The van der Waals surface area contributed by atoms with E-state index in [-0.39, 0.29) is 0 Å². The predicted molar refractivity (Wildman–Crippen MR) is 76.8 cm³/mol. The number of aromatic nitrogens is 2. The molecule has 0 radical (unpaired) electrons. The van der Waals surface area contributed by atoms with Crippen molar-refractivity contribution in [3.63, 3.8) is 0 Å². The summed E-state index contributed by atoms with van der Waals surface area (Å²) in [4.78, 5) is 0. The molecule has 0 bridgehead atoms. The van der Waals surface area contributed by atoms with Gasteiger partial charge in [-0.25, -0.2) is 0 Å². The molecule has 0 aliphatic carbocycles. The van der Waals surface area contributed by atoms with E-state index in [0.29, 0.717) is 0 Å². The molecule has 1 heterocycles. The van der Waals surface area contributed by atoms with E-state index in [1.165, 1.54) is 16.7 Å². The van der Waals surface area contributed by atoms with E-state index in [1.54, 1.807) is 11.3 Å². The van der Waals surface area contributed by atoms with E-state index < -0.39 is 0 Å². The number of hydrogen-bond acceptors (Lipinski definition) is 4. The zero-order valence-electron chi connectivity index (χ0n) is 11.2. The second-order valence-corrected chi connectivity index (χ2v) is 5.49. The van der Waals surface area contributed by atoms with Gasteiger partial charge in [0.25, 0.3) is 0 Å². The van der Waals surface area contributed by atoms with Crippen molar-refractivity contribution < 1.29 is 0 Å². The zero-order valence-corrected chi connectivity index (χ0v) is 12.0. The summed E-state index contributed by atoms with van der Waals surface area (Å²) in [5, 5.41) is 14.0. The van der Waals surface area contributed by atoms with Crippen molar-refractivity contribution in [2.45, 2.75) is 33.7 Å². The maximum atomic E-state index is 4.30. The molecule has 1 aromatic heterocycles. The van der Waals surface area contributed by atoms with Gasteiger partial charge in [-0.2, -0.15) is 0 Å². The van der Waals surface area contributed by atoms with Crippen molar-refractivity contribution in [3.8, 4) is 10.6 Å². The van der Waals surface area contributed by atoms with Crippen molar-refractivity contribution in [3.05, 3.63) is 34.3 Å². The van der Waals surface area contributed by atoms with Gasteiger partial charge in [0.1, 0.15) is 10.0 Å². The normalized spacial score (nSPS) is 10.8. The topological polar surface area (TPSA) is 37.8 Å². The van der Waals surface area contributed by atoms with Gasteiger partial charge in [0, 0.05) is 12.1 Å². The van der Waals surface area contributed by atoms with Crippen molar-refractivity contribution in [2.24, 2.45) is 0 Å². The molecular formula is C14H19N3S. The van der Waals surface area contributed by atoms with Crippen LogP contribution in [0.1, 0.15) is 29.5 Å². The highest BCUT2D eigenvalue weighted by molar-refractivity contribution is 7.14. The lowest BCUT2D eigenvalue weighted by molar-refractivity contribution is 0.668. The molecule has 0 amide bonds. The molecule has 0 aliphatic heterocycles. The van der Waals surface area contributed by atoms with Crippen LogP contribution in [0.15, 0.2) is 18.2 Å². The summed E-state index contributed by atoms with van der Waals surface area (Å²) in [6.07, 6.45) is 1.14. The second-order valence-electron chi connectivity index (χ2n) is 4.43. The number of benzene rings is 1. The van der Waals surface area contributed by atoms with Crippen molar-refractivity contribution in [1.29, 1.82) is 0 Å². The van der Waals surface area contributed by atoms with Crippen LogP contribution in [0.2, 0.25) is 0 Å². The van der Waals surface area contributed by atoms with Crippen molar-refractivity contribution in [1.82, 2.24) is 15.5 Å². The maximum absolute atomic E-state index is 4.30. The van der Waals surface area contributed by atoms with Crippen LogP contribution in [0.4, 0.5) is 0 Å². The summed E-state index contributed by atoms with van der Waals surface area (Å²) in [5.74, 6) is 0. The second kappa shape index (κ2) is 6.07. The first-order chi connectivity index (χ1) is 8.72. The monoisotopic (exact) mass is 261 g/mol. The quantitative estimate of drug-likeness (QED) is 0.839. The molecule has 0 saturated heterocycles. The highest BCUT2D eigenvalue weighted by Crippen LogP contribution is 2.27. The van der Waals surface area contributed by atoms with E-state index in [2.05, 4.69) is 54.5 Å². The predicted octanol–water partition coefficient (Wildman–Crippen LogP) is 3.32. The first-order valence-corrected chi connectivity index (χ1v) is 7.13. The van der Waals surface area contributed by atoms with Gasteiger partial charge in [-0.05, 0) is 37.9 Å². The molecule has 4 heteroatoms. The lowest BCUT2D eigenvalue weighted by Gasteiger charge is -2.04. The van der Waals surface area contributed by atoms with Crippen LogP contribution in [0, 0.1) is 13.8 Å². The van der Waals surface area contributed by atoms with E-state index in [0.717, 1.165) is 29.5 Å². The number of nitrogens with one attached hydrogen (secondary N) is 1. The summed E-state index contributed by atoms with van der Waals surface area (Å²) < 4.78 is 0. The van der Waals surface area contributed by atoms with Gasteiger partial charge in [-0.15, -0.1) is 10.2 Å². The standard InChI is InChI=1S/C14H19N3S/c1-4-8-15-9-13-16-17-14(18-13)12-7-5-6-10(2)11(12)3/h5-7,15H,4,8-9H2,1-3H3. The van der Waals surface area contributed by atoms with Gasteiger partial charge in [-0.3, -0.25) is 0 Å². The van der Waals surface area contributed by atoms with Crippen LogP contribution in [-0.4, -0.2) is 16.7 Å². The number of hydrogen-bond donors (Lipinski definition) is 1. The third-order valence-corrected chi connectivity index (χ3v) is 3.96. The van der Waals surface area contributed by atoms with E-state index >= 15 is 0 Å². The first-order valence-electron chi connectivity index (χ1n) is 6.32. The van der Waals surface area contributed by atoms with E-state index in [9.17, 15) is 0 Å². The SMILES string of the molecule is CCCNCc1nnc(-c2cccc(C)c2C)s1. The molecule has 0 saturated carbocycles. The smallest absolute Gasteiger partial charge is 0.148 e. The first kappa shape index (κ1) is 13.2. The zero-order chi connectivity index (χ0) is 13.0. The molecule has 1 aromatic carbocycles. The van der Waals surface area contributed by atoms with Gasteiger partial charge in [0.05, 0.1) is 0 Å². The number of aryl methyl sites for hydroxylation is 1. The van der Waals surface area contributed by atoms with Crippen molar-refractivity contribution >= 4 is 11.3 Å². The van der Waals surface area contributed by atoms with Crippen LogP contribution < -0.4 is 5.32 Å². The molecule has 0 aliphatic rings. The summed E-state index contributed by atoms with van der Waals surface area (Å²) in [6.45, 7) is 8.27. The molecule has 2 aromatic rings. The third-order valence-electron chi connectivity index (χ3n) is 3.00. The summed E-state index contributed by atoms with van der Waals surface area (Å²) in [5.41, 5.74) is 3.80. The van der Waals surface area contributed by atoms with Crippen molar-refractivity contribution in [2.75, 3.05) is 6.54 Å². The molecule has 1 N–H and O–H groups in total. The van der Waals surface area contributed by atoms with Gasteiger partial charge in [0.2, 0.25) is 0 Å². The Bertz CT molecular complexity index is 520. The minimum Gasteiger partial charge on any atom is -0.310 e. The Morgan fingerprint density at radius 1 is 1.22 bits per heavy atom. The largest absolute Gasteiger partial charge is 0.310 e. The lowest BCUT2D eigenvalue weighted by Crippen LogP contribution is -2.13. The lowest BCUT2D eigenvalue weighted by atomic mass is 10.0.